The maximum atomic E-state index is 12.1. The van der Waals surface area contributed by atoms with E-state index in [-0.39, 0.29) is 18.3 Å². The third-order valence-electron chi connectivity index (χ3n) is 3.68. The van der Waals surface area contributed by atoms with E-state index < -0.39 is 0 Å². The summed E-state index contributed by atoms with van der Waals surface area (Å²) in [4.78, 5) is 14.3. The third kappa shape index (κ3) is 5.38. The molecule has 1 N–H and O–H groups in total. The highest BCUT2D eigenvalue weighted by Crippen LogP contribution is 2.27. The largest absolute Gasteiger partial charge is 0.495 e. The van der Waals surface area contributed by atoms with Gasteiger partial charge in [-0.2, -0.15) is 0 Å². The second-order valence-electron chi connectivity index (χ2n) is 5.35. The molecule has 0 bridgehead atoms. The monoisotopic (exact) mass is 332 g/mol. The number of hydrogen-bond acceptors (Lipinski definition) is 3. The molecule has 1 fully saturated rings. The number of benzene rings is 1. The molecule has 1 heterocycles. The van der Waals surface area contributed by atoms with Gasteiger partial charge in [0.25, 0.3) is 0 Å². The number of nitrogens with one attached hydrogen (secondary N) is 1. The number of likely N-dealkylation sites (tertiary alicyclic amines) is 1. The van der Waals surface area contributed by atoms with Crippen molar-refractivity contribution in [2.24, 2.45) is 5.92 Å². The number of halogens is 2. The summed E-state index contributed by atoms with van der Waals surface area (Å²) in [6, 6.07) is 5.19. The minimum absolute atomic E-state index is 0. The lowest BCUT2D eigenvalue weighted by molar-refractivity contribution is -0.117. The first-order valence-electron chi connectivity index (χ1n) is 6.94. The predicted molar refractivity (Wildman–Crippen MR) is 88.7 cm³/mol. The first-order valence-corrected chi connectivity index (χ1v) is 7.32. The zero-order valence-electron chi connectivity index (χ0n) is 12.4. The number of carbonyl (C=O) groups is 1. The fraction of sp³-hybridized carbons (Fsp3) is 0.533. The predicted octanol–water partition coefficient (Wildman–Crippen LogP) is 3.44. The van der Waals surface area contributed by atoms with Crippen molar-refractivity contribution >= 4 is 35.6 Å². The lowest BCUT2D eigenvalue weighted by Gasteiger charge is -2.29. The summed E-state index contributed by atoms with van der Waals surface area (Å²) in [6.45, 7) is 4.65. The number of anilines is 1. The SMILES string of the molecule is COc1ccc(Cl)cc1NC(=O)CN1CCC(C)CC1.Cl. The molecule has 2 rings (SSSR count). The maximum absolute atomic E-state index is 12.1. The van der Waals surface area contributed by atoms with Crippen LogP contribution in [0, 0.1) is 5.92 Å². The van der Waals surface area contributed by atoms with Crippen molar-refractivity contribution < 1.29 is 9.53 Å². The van der Waals surface area contributed by atoms with Crippen molar-refractivity contribution in [2.75, 3.05) is 32.1 Å². The van der Waals surface area contributed by atoms with E-state index in [1.807, 2.05) is 0 Å². The van der Waals surface area contributed by atoms with Crippen LogP contribution in [0.4, 0.5) is 5.69 Å². The van der Waals surface area contributed by atoms with Crippen LogP contribution < -0.4 is 10.1 Å². The molecule has 4 nitrogen and oxygen atoms in total. The highest BCUT2D eigenvalue weighted by atomic mass is 35.5. The van der Waals surface area contributed by atoms with E-state index in [2.05, 4.69) is 17.1 Å². The molecule has 0 unspecified atom stereocenters. The van der Waals surface area contributed by atoms with Gasteiger partial charge in [0.05, 0.1) is 19.3 Å². The van der Waals surface area contributed by atoms with Gasteiger partial charge in [-0.05, 0) is 50.0 Å². The number of carbonyl (C=O) groups excluding carboxylic acids is 1. The molecule has 1 aromatic carbocycles. The second kappa shape index (κ2) is 8.47. The quantitative estimate of drug-likeness (QED) is 0.918. The fourth-order valence-corrected chi connectivity index (χ4v) is 2.56. The molecule has 1 aliphatic rings. The van der Waals surface area contributed by atoms with Gasteiger partial charge < -0.3 is 10.1 Å². The molecular weight excluding hydrogens is 311 g/mol. The Morgan fingerprint density at radius 2 is 2.10 bits per heavy atom. The van der Waals surface area contributed by atoms with Gasteiger partial charge in [0.15, 0.2) is 0 Å². The molecule has 0 saturated carbocycles. The smallest absolute Gasteiger partial charge is 0.238 e. The Morgan fingerprint density at radius 1 is 1.43 bits per heavy atom. The van der Waals surface area contributed by atoms with Crippen LogP contribution in [0.2, 0.25) is 5.02 Å². The van der Waals surface area contributed by atoms with Crippen LogP contribution >= 0.6 is 24.0 Å². The zero-order chi connectivity index (χ0) is 14.5. The minimum atomic E-state index is -0.0277. The van der Waals surface area contributed by atoms with Crippen LogP contribution in [0.25, 0.3) is 0 Å². The molecule has 1 aliphatic heterocycles. The molecule has 1 amide bonds. The zero-order valence-corrected chi connectivity index (χ0v) is 14.0. The number of hydrogen-bond donors (Lipinski definition) is 1. The molecule has 21 heavy (non-hydrogen) atoms. The van der Waals surface area contributed by atoms with Gasteiger partial charge in [-0.3, -0.25) is 9.69 Å². The number of ether oxygens (including phenoxy) is 1. The van der Waals surface area contributed by atoms with E-state index in [0.717, 1.165) is 31.8 Å². The fourth-order valence-electron chi connectivity index (χ4n) is 2.39. The lowest BCUT2D eigenvalue weighted by atomic mass is 9.99. The molecule has 0 aliphatic carbocycles. The summed E-state index contributed by atoms with van der Waals surface area (Å²) in [5.74, 6) is 1.36. The Morgan fingerprint density at radius 3 is 2.71 bits per heavy atom. The summed E-state index contributed by atoms with van der Waals surface area (Å²) in [7, 11) is 1.57. The average Bonchev–Trinajstić information content (AvgIpc) is 2.41. The van der Waals surface area contributed by atoms with Crippen molar-refractivity contribution in [3.63, 3.8) is 0 Å². The summed E-state index contributed by atoms with van der Waals surface area (Å²) in [5, 5.41) is 3.45. The number of amides is 1. The summed E-state index contributed by atoms with van der Waals surface area (Å²) in [5.41, 5.74) is 0.621. The Hall–Kier alpha value is -0.970. The number of piperidine rings is 1. The third-order valence-corrected chi connectivity index (χ3v) is 3.91. The van der Waals surface area contributed by atoms with Crippen molar-refractivity contribution in [2.45, 2.75) is 19.8 Å². The Balaban J connectivity index is 0.00000220. The van der Waals surface area contributed by atoms with Crippen molar-refractivity contribution in [3.8, 4) is 5.75 Å². The van der Waals surface area contributed by atoms with E-state index in [0.29, 0.717) is 23.0 Å². The Bertz CT molecular complexity index is 475. The van der Waals surface area contributed by atoms with Gasteiger partial charge in [0, 0.05) is 5.02 Å². The highest BCUT2D eigenvalue weighted by molar-refractivity contribution is 6.31. The summed E-state index contributed by atoms with van der Waals surface area (Å²) >= 11 is 5.95. The van der Waals surface area contributed by atoms with Crippen LogP contribution in [0.15, 0.2) is 18.2 Å². The minimum Gasteiger partial charge on any atom is -0.495 e. The molecule has 1 aromatic rings. The molecular formula is C15H22Cl2N2O2. The van der Waals surface area contributed by atoms with Gasteiger partial charge in [0.1, 0.15) is 5.75 Å². The number of nitrogens with zero attached hydrogens (tertiary/aromatic N) is 1. The molecule has 0 atom stereocenters. The van der Waals surface area contributed by atoms with Gasteiger partial charge >= 0.3 is 0 Å². The molecule has 0 spiro atoms. The van der Waals surface area contributed by atoms with Gasteiger partial charge in [-0.25, -0.2) is 0 Å². The van der Waals surface area contributed by atoms with E-state index in [9.17, 15) is 4.79 Å². The maximum Gasteiger partial charge on any atom is 0.238 e. The van der Waals surface area contributed by atoms with Gasteiger partial charge in [-0.1, -0.05) is 18.5 Å². The van der Waals surface area contributed by atoms with Crippen molar-refractivity contribution in [1.29, 1.82) is 0 Å². The first-order chi connectivity index (χ1) is 9.58. The lowest BCUT2D eigenvalue weighted by Crippen LogP contribution is -2.38. The van der Waals surface area contributed by atoms with Crippen LogP contribution in [0.1, 0.15) is 19.8 Å². The molecule has 0 radical (unpaired) electrons. The van der Waals surface area contributed by atoms with Crippen LogP contribution in [-0.4, -0.2) is 37.6 Å². The van der Waals surface area contributed by atoms with Crippen molar-refractivity contribution in [3.05, 3.63) is 23.2 Å². The van der Waals surface area contributed by atoms with Gasteiger partial charge in [-0.15, -0.1) is 12.4 Å². The van der Waals surface area contributed by atoms with E-state index in [4.69, 9.17) is 16.3 Å². The van der Waals surface area contributed by atoms with E-state index in [1.54, 1.807) is 25.3 Å². The average molecular weight is 333 g/mol. The standard InChI is InChI=1S/C15H21ClN2O2.ClH/c1-11-5-7-18(8-6-11)10-15(19)17-13-9-12(16)3-4-14(13)20-2;/h3-4,9,11H,5-8,10H2,1-2H3,(H,17,19);1H. The number of rotatable bonds is 4. The highest BCUT2D eigenvalue weighted by Gasteiger charge is 2.18. The summed E-state index contributed by atoms with van der Waals surface area (Å²) in [6.07, 6.45) is 2.32. The summed E-state index contributed by atoms with van der Waals surface area (Å²) < 4.78 is 5.22. The van der Waals surface area contributed by atoms with Crippen molar-refractivity contribution in [1.82, 2.24) is 4.90 Å². The molecule has 6 heteroatoms. The normalized spacial score (nSPS) is 16.1. The Kier molecular flexibility index (Phi) is 7.29. The van der Waals surface area contributed by atoms with Crippen LogP contribution in [0.5, 0.6) is 5.75 Å². The topological polar surface area (TPSA) is 41.6 Å². The first kappa shape index (κ1) is 18.1. The second-order valence-corrected chi connectivity index (χ2v) is 5.79. The number of methoxy groups -OCH3 is 1. The molecule has 1 saturated heterocycles. The molecule has 0 aromatic heterocycles. The van der Waals surface area contributed by atoms with E-state index in [1.165, 1.54) is 0 Å². The van der Waals surface area contributed by atoms with Gasteiger partial charge in [0.2, 0.25) is 5.91 Å². The molecule has 118 valence electrons. The van der Waals surface area contributed by atoms with Crippen LogP contribution in [0.3, 0.4) is 0 Å². The van der Waals surface area contributed by atoms with E-state index >= 15 is 0 Å². The van der Waals surface area contributed by atoms with Crippen LogP contribution in [-0.2, 0) is 4.79 Å². The Labute approximate surface area is 137 Å².